The zero-order valence-corrected chi connectivity index (χ0v) is 10.8. The van der Waals surface area contributed by atoms with Gasteiger partial charge in [-0.15, -0.1) is 11.3 Å². The first-order chi connectivity index (χ1) is 7.75. The molecule has 92 valence electrons. The van der Waals surface area contributed by atoms with Crippen LogP contribution in [-0.4, -0.2) is 25.9 Å². The topological polar surface area (TPSA) is 44.5 Å². The molecule has 1 rings (SSSR count). The van der Waals surface area contributed by atoms with Crippen molar-refractivity contribution in [1.82, 2.24) is 0 Å². The van der Waals surface area contributed by atoms with Crippen molar-refractivity contribution in [3.63, 3.8) is 0 Å². The van der Waals surface area contributed by atoms with Crippen LogP contribution >= 0.6 is 11.3 Å². The van der Waals surface area contributed by atoms with Gasteiger partial charge in [0.15, 0.2) is 0 Å². The smallest absolute Gasteiger partial charge is 0.106 e. The second kappa shape index (κ2) is 7.79. The Morgan fingerprint density at radius 3 is 2.75 bits per heavy atom. The van der Waals surface area contributed by atoms with Gasteiger partial charge in [-0.1, -0.05) is 13.0 Å². The predicted octanol–water partition coefficient (Wildman–Crippen LogP) is 2.58. The Hall–Kier alpha value is -0.420. The molecule has 0 spiro atoms. The van der Waals surface area contributed by atoms with E-state index in [1.54, 1.807) is 11.3 Å². The van der Waals surface area contributed by atoms with Crippen molar-refractivity contribution in [1.29, 1.82) is 0 Å². The third-order valence-corrected chi connectivity index (χ3v) is 3.11. The third-order valence-electron chi connectivity index (χ3n) is 2.17. The van der Waals surface area contributed by atoms with Crippen LogP contribution in [0.4, 0.5) is 0 Å². The fraction of sp³-hybridized carbons (Fsp3) is 0.667. The maximum absolute atomic E-state index is 5.91. The minimum Gasteiger partial charge on any atom is -0.379 e. The Morgan fingerprint density at radius 1 is 1.38 bits per heavy atom. The summed E-state index contributed by atoms with van der Waals surface area (Å²) >= 11 is 1.68. The van der Waals surface area contributed by atoms with E-state index in [4.69, 9.17) is 15.2 Å². The quantitative estimate of drug-likeness (QED) is 0.714. The van der Waals surface area contributed by atoms with Gasteiger partial charge in [0.25, 0.3) is 0 Å². The van der Waals surface area contributed by atoms with E-state index in [-0.39, 0.29) is 12.1 Å². The summed E-state index contributed by atoms with van der Waals surface area (Å²) < 4.78 is 11.1. The molecule has 0 bridgehead atoms. The summed E-state index contributed by atoms with van der Waals surface area (Å²) in [4.78, 5) is 1.19. The summed E-state index contributed by atoms with van der Waals surface area (Å²) in [6.45, 7) is 6.10. The predicted molar refractivity (Wildman–Crippen MR) is 67.8 cm³/mol. The Kier molecular flexibility index (Phi) is 6.64. The number of ether oxygens (including phenoxy) is 2. The normalized spacial score (nSPS) is 14.9. The second-order valence-electron chi connectivity index (χ2n) is 3.78. The number of hydrogen-bond acceptors (Lipinski definition) is 4. The fourth-order valence-corrected chi connectivity index (χ4v) is 2.31. The number of hydrogen-bond donors (Lipinski definition) is 1. The molecule has 0 radical (unpaired) electrons. The molecular formula is C12H21NO2S. The molecule has 0 aliphatic rings. The number of rotatable bonds is 8. The van der Waals surface area contributed by atoms with E-state index in [1.807, 2.05) is 18.4 Å². The highest BCUT2D eigenvalue weighted by Gasteiger charge is 2.17. The van der Waals surface area contributed by atoms with E-state index in [1.165, 1.54) is 4.88 Å². The molecule has 1 heterocycles. The van der Waals surface area contributed by atoms with Gasteiger partial charge in [-0.2, -0.15) is 0 Å². The Morgan fingerprint density at radius 2 is 2.19 bits per heavy atom. The van der Waals surface area contributed by atoms with Crippen LogP contribution in [0, 0.1) is 0 Å². The lowest BCUT2D eigenvalue weighted by Crippen LogP contribution is -2.27. The molecule has 2 atom stereocenters. The van der Waals surface area contributed by atoms with Crippen LogP contribution in [0.25, 0.3) is 0 Å². The zero-order chi connectivity index (χ0) is 11.8. The highest BCUT2D eigenvalue weighted by molar-refractivity contribution is 7.10. The molecule has 0 amide bonds. The monoisotopic (exact) mass is 243 g/mol. The maximum Gasteiger partial charge on any atom is 0.106 e. The van der Waals surface area contributed by atoms with Crippen molar-refractivity contribution < 1.29 is 9.47 Å². The van der Waals surface area contributed by atoms with Gasteiger partial charge in [-0.3, -0.25) is 0 Å². The molecule has 16 heavy (non-hydrogen) atoms. The zero-order valence-electron chi connectivity index (χ0n) is 10.0. The summed E-state index contributed by atoms with van der Waals surface area (Å²) in [5.41, 5.74) is 5.91. The average Bonchev–Trinajstić information content (AvgIpc) is 2.76. The molecule has 0 saturated heterocycles. The summed E-state index contributed by atoms with van der Waals surface area (Å²) in [7, 11) is 0. The van der Waals surface area contributed by atoms with Crippen LogP contribution in [0.5, 0.6) is 0 Å². The van der Waals surface area contributed by atoms with Crippen molar-refractivity contribution in [2.45, 2.75) is 32.4 Å². The van der Waals surface area contributed by atoms with Gasteiger partial charge in [-0.05, 0) is 24.8 Å². The number of thiophene rings is 1. The summed E-state index contributed by atoms with van der Waals surface area (Å²) in [5, 5.41) is 2.04. The lowest BCUT2D eigenvalue weighted by atomic mass is 10.1. The first-order valence-electron chi connectivity index (χ1n) is 5.74. The van der Waals surface area contributed by atoms with E-state index >= 15 is 0 Å². The van der Waals surface area contributed by atoms with Gasteiger partial charge in [0, 0.05) is 17.5 Å². The maximum atomic E-state index is 5.91. The van der Waals surface area contributed by atoms with Crippen LogP contribution in [0.3, 0.4) is 0 Å². The Bertz CT molecular complexity index is 262. The molecule has 0 fully saturated rings. The van der Waals surface area contributed by atoms with Crippen LogP contribution in [0.2, 0.25) is 0 Å². The third kappa shape index (κ3) is 4.61. The lowest BCUT2D eigenvalue weighted by Gasteiger charge is -2.20. The van der Waals surface area contributed by atoms with E-state index in [0.717, 1.165) is 13.0 Å². The molecule has 3 nitrogen and oxygen atoms in total. The van der Waals surface area contributed by atoms with Gasteiger partial charge in [0.1, 0.15) is 6.10 Å². The minimum absolute atomic E-state index is 0.00447. The lowest BCUT2D eigenvalue weighted by molar-refractivity contribution is -0.00316. The first-order valence-corrected chi connectivity index (χ1v) is 6.62. The van der Waals surface area contributed by atoms with Gasteiger partial charge in [0.05, 0.1) is 13.2 Å². The molecule has 1 aromatic heterocycles. The molecule has 2 N–H and O–H groups in total. The van der Waals surface area contributed by atoms with Crippen LogP contribution in [0.1, 0.15) is 31.2 Å². The molecule has 0 aromatic carbocycles. The van der Waals surface area contributed by atoms with Crippen molar-refractivity contribution in [3.8, 4) is 0 Å². The minimum atomic E-state index is -0.00905. The standard InChI is InChI=1S/C12H21NO2S/c1-3-6-14-7-8-15-12(10(2)13)11-5-4-9-16-11/h4-5,9-10,12H,3,6-8,13H2,1-2H3. The Balaban J connectivity index is 2.30. The second-order valence-corrected chi connectivity index (χ2v) is 4.76. The van der Waals surface area contributed by atoms with Gasteiger partial charge >= 0.3 is 0 Å². The van der Waals surface area contributed by atoms with Crippen LogP contribution in [-0.2, 0) is 9.47 Å². The number of nitrogens with two attached hydrogens (primary N) is 1. The molecule has 4 heteroatoms. The van der Waals surface area contributed by atoms with Crippen molar-refractivity contribution in [2.75, 3.05) is 19.8 Å². The Labute approximate surface area is 102 Å². The van der Waals surface area contributed by atoms with Crippen LogP contribution in [0.15, 0.2) is 17.5 Å². The van der Waals surface area contributed by atoms with Crippen molar-refractivity contribution in [2.24, 2.45) is 5.73 Å². The molecular weight excluding hydrogens is 222 g/mol. The van der Waals surface area contributed by atoms with Gasteiger partial charge in [0.2, 0.25) is 0 Å². The molecule has 1 aromatic rings. The SMILES string of the molecule is CCCOCCOC(c1cccs1)C(C)N. The van der Waals surface area contributed by atoms with E-state index < -0.39 is 0 Å². The van der Waals surface area contributed by atoms with Crippen molar-refractivity contribution >= 4 is 11.3 Å². The molecule has 0 aliphatic heterocycles. The van der Waals surface area contributed by atoms with E-state index in [9.17, 15) is 0 Å². The molecule has 0 aliphatic carbocycles. The molecule has 0 saturated carbocycles. The van der Waals surface area contributed by atoms with Gasteiger partial charge < -0.3 is 15.2 Å². The van der Waals surface area contributed by atoms with Crippen LogP contribution < -0.4 is 5.73 Å². The summed E-state index contributed by atoms with van der Waals surface area (Å²) in [5.74, 6) is 0. The van der Waals surface area contributed by atoms with E-state index in [0.29, 0.717) is 13.2 Å². The summed E-state index contributed by atoms with van der Waals surface area (Å²) in [6, 6.07) is 4.09. The average molecular weight is 243 g/mol. The van der Waals surface area contributed by atoms with Gasteiger partial charge in [-0.25, -0.2) is 0 Å². The largest absolute Gasteiger partial charge is 0.379 e. The fourth-order valence-electron chi connectivity index (χ4n) is 1.43. The van der Waals surface area contributed by atoms with Crippen molar-refractivity contribution in [3.05, 3.63) is 22.4 Å². The van der Waals surface area contributed by atoms with E-state index in [2.05, 4.69) is 13.0 Å². The highest BCUT2D eigenvalue weighted by atomic mass is 32.1. The summed E-state index contributed by atoms with van der Waals surface area (Å²) in [6.07, 6.45) is 1.03. The molecule has 2 unspecified atom stereocenters. The highest BCUT2D eigenvalue weighted by Crippen LogP contribution is 2.24. The first kappa shape index (κ1) is 13.6.